The van der Waals surface area contributed by atoms with E-state index in [1.165, 1.54) is 17.0 Å². The smallest absolute Gasteiger partial charge is 0.310 e. The SMILES string of the molecule is Cc1nn(-c2ccccc2)c(C)c1CC(=O)OCC(=O)N(C)Cc1cccc(F)c1. The molecule has 1 aromatic heterocycles. The van der Waals surface area contributed by atoms with E-state index in [0.29, 0.717) is 5.56 Å². The van der Waals surface area contributed by atoms with E-state index in [-0.39, 0.29) is 31.3 Å². The van der Waals surface area contributed by atoms with Gasteiger partial charge in [-0.2, -0.15) is 5.10 Å². The number of para-hydroxylation sites is 1. The van der Waals surface area contributed by atoms with E-state index >= 15 is 0 Å². The molecule has 0 saturated heterocycles. The van der Waals surface area contributed by atoms with Gasteiger partial charge < -0.3 is 9.64 Å². The zero-order valence-corrected chi connectivity index (χ0v) is 17.3. The van der Waals surface area contributed by atoms with Gasteiger partial charge in [0.25, 0.3) is 5.91 Å². The van der Waals surface area contributed by atoms with Crippen molar-refractivity contribution in [2.45, 2.75) is 26.8 Å². The summed E-state index contributed by atoms with van der Waals surface area (Å²) in [7, 11) is 1.58. The van der Waals surface area contributed by atoms with Gasteiger partial charge in [-0.1, -0.05) is 30.3 Å². The van der Waals surface area contributed by atoms with E-state index in [1.54, 1.807) is 23.9 Å². The summed E-state index contributed by atoms with van der Waals surface area (Å²) in [4.78, 5) is 26.0. The molecule has 0 spiro atoms. The van der Waals surface area contributed by atoms with E-state index in [0.717, 1.165) is 22.6 Å². The third kappa shape index (κ3) is 5.11. The lowest BCUT2D eigenvalue weighted by molar-refractivity contribution is -0.151. The first-order valence-corrected chi connectivity index (χ1v) is 9.59. The number of halogens is 1. The Bertz CT molecular complexity index is 1050. The predicted molar refractivity (Wildman–Crippen MR) is 111 cm³/mol. The second-order valence-corrected chi connectivity index (χ2v) is 7.11. The van der Waals surface area contributed by atoms with Crippen LogP contribution < -0.4 is 0 Å². The van der Waals surface area contributed by atoms with E-state index in [4.69, 9.17) is 4.74 Å². The highest BCUT2D eigenvalue weighted by Gasteiger charge is 2.18. The van der Waals surface area contributed by atoms with Crippen LogP contribution in [0.25, 0.3) is 5.69 Å². The Morgan fingerprint density at radius 3 is 2.53 bits per heavy atom. The topological polar surface area (TPSA) is 64.4 Å². The molecule has 0 unspecified atom stereocenters. The number of rotatable bonds is 7. The van der Waals surface area contributed by atoms with E-state index in [1.807, 2.05) is 44.2 Å². The van der Waals surface area contributed by atoms with Crippen LogP contribution in [0.5, 0.6) is 0 Å². The zero-order valence-electron chi connectivity index (χ0n) is 17.3. The number of hydrogen-bond acceptors (Lipinski definition) is 4. The van der Waals surface area contributed by atoms with Crippen LogP contribution >= 0.6 is 0 Å². The molecule has 30 heavy (non-hydrogen) atoms. The van der Waals surface area contributed by atoms with Crippen LogP contribution in [0.1, 0.15) is 22.5 Å². The fourth-order valence-corrected chi connectivity index (χ4v) is 3.20. The summed E-state index contributed by atoms with van der Waals surface area (Å²) in [5.74, 6) is -1.22. The second kappa shape index (κ2) is 9.35. The van der Waals surface area contributed by atoms with Crippen molar-refractivity contribution < 1.29 is 18.7 Å². The van der Waals surface area contributed by atoms with Crippen LogP contribution in [0.15, 0.2) is 54.6 Å². The molecule has 0 atom stereocenters. The van der Waals surface area contributed by atoms with Crippen LogP contribution in [0, 0.1) is 19.7 Å². The summed E-state index contributed by atoms with van der Waals surface area (Å²) in [5, 5.41) is 4.51. The Labute approximate surface area is 174 Å². The quantitative estimate of drug-likeness (QED) is 0.561. The maximum absolute atomic E-state index is 13.3. The van der Waals surface area contributed by atoms with Crippen molar-refractivity contribution in [1.29, 1.82) is 0 Å². The first-order chi connectivity index (χ1) is 14.3. The Morgan fingerprint density at radius 1 is 1.10 bits per heavy atom. The van der Waals surface area contributed by atoms with Crippen molar-refractivity contribution in [2.75, 3.05) is 13.7 Å². The third-order valence-electron chi connectivity index (χ3n) is 4.85. The minimum atomic E-state index is -0.499. The maximum Gasteiger partial charge on any atom is 0.310 e. The van der Waals surface area contributed by atoms with Crippen LogP contribution in [0.2, 0.25) is 0 Å². The Kier molecular flexibility index (Phi) is 6.61. The number of aryl methyl sites for hydroxylation is 1. The Morgan fingerprint density at radius 2 is 1.83 bits per heavy atom. The first-order valence-electron chi connectivity index (χ1n) is 9.59. The average molecular weight is 409 g/mol. The summed E-state index contributed by atoms with van der Waals surface area (Å²) in [5.41, 5.74) is 3.95. The number of benzene rings is 2. The van der Waals surface area contributed by atoms with Gasteiger partial charge in [0.2, 0.25) is 0 Å². The number of hydrogen-bond donors (Lipinski definition) is 0. The van der Waals surface area contributed by atoms with Crippen molar-refractivity contribution in [3.05, 3.63) is 82.9 Å². The molecule has 0 aliphatic carbocycles. The molecule has 3 rings (SSSR count). The van der Waals surface area contributed by atoms with Gasteiger partial charge in [0.15, 0.2) is 6.61 Å². The maximum atomic E-state index is 13.3. The fraction of sp³-hybridized carbons (Fsp3) is 0.261. The number of carbonyl (C=O) groups excluding carboxylic acids is 2. The molecule has 0 bridgehead atoms. The van der Waals surface area contributed by atoms with Gasteiger partial charge >= 0.3 is 5.97 Å². The van der Waals surface area contributed by atoms with Gasteiger partial charge in [0, 0.05) is 24.8 Å². The van der Waals surface area contributed by atoms with Crippen molar-refractivity contribution >= 4 is 11.9 Å². The molecule has 3 aromatic rings. The molecule has 0 aliphatic rings. The lowest BCUT2D eigenvalue weighted by atomic mass is 10.1. The number of aromatic nitrogens is 2. The summed E-state index contributed by atoms with van der Waals surface area (Å²) < 4.78 is 20.2. The molecule has 6 nitrogen and oxygen atoms in total. The van der Waals surface area contributed by atoms with E-state index in [9.17, 15) is 14.0 Å². The minimum Gasteiger partial charge on any atom is -0.455 e. The number of esters is 1. The van der Waals surface area contributed by atoms with Gasteiger partial charge in [0.1, 0.15) is 5.82 Å². The highest BCUT2D eigenvalue weighted by atomic mass is 19.1. The van der Waals surface area contributed by atoms with E-state index in [2.05, 4.69) is 5.10 Å². The van der Waals surface area contributed by atoms with Crippen molar-refractivity contribution in [3.8, 4) is 5.69 Å². The number of likely N-dealkylation sites (N-methyl/N-ethyl adjacent to an activating group) is 1. The van der Waals surface area contributed by atoms with Crippen LogP contribution in [-0.4, -0.2) is 40.2 Å². The van der Waals surface area contributed by atoms with Crippen LogP contribution in [-0.2, 0) is 27.3 Å². The molecule has 156 valence electrons. The summed E-state index contributed by atoms with van der Waals surface area (Å²) in [6.45, 7) is 3.60. The van der Waals surface area contributed by atoms with Crippen molar-refractivity contribution in [2.24, 2.45) is 0 Å². The largest absolute Gasteiger partial charge is 0.455 e. The number of nitrogens with zero attached hydrogens (tertiary/aromatic N) is 3. The summed E-state index contributed by atoms with van der Waals surface area (Å²) in [6, 6.07) is 15.7. The molecule has 0 N–H and O–H groups in total. The monoisotopic (exact) mass is 409 g/mol. The van der Waals surface area contributed by atoms with Crippen LogP contribution in [0.3, 0.4) is 0 Å². The zero-order chi connectivity index (χ0) is 21.7. The van der Waals surface area contributed by atoms with Gasteiger partial charge in [-0.3, -0.25) is 9.59 Å². The third-order valence-corrected chi connectivity index (χ3v) is 4.85. The summed E-state index contributed by atoms with van der Waals surface area (Å²) >= 11 is 0. The second-order valence-electron chi connectivity index (χ2n) is 7.11. The standard InChI is InChI=1S/C23H24FN3O3/c1-16-21(17(2)27(25-16)20-10-5-4-6-11-20)13-23(29)30-15-22(28)26(3)14-18-8-7-9-19(24)12-18/h4-12H,13-15H2,1-3H3. The van der Waals surface area contributed by atoms with Gasteiger partial charge in [-0.05, 0) is 43.7 Å². The normalized spacial score (nSPS) is 10.7. The minimum absolute atomic E-state index is 0.0331. The number of carbonyl (C=O) groups is 2. The van der Waals surface area contributed by atoms with Gasteiger partial charge in [-0.15, -0.1) is 0 Å². The molecular weight excluding hydrogens is 385 g/mol. The fourth-order valence-electron chi connectivity index (χ4n) is 3.20. The van der Waals surface area contributed by atoms with E-state index < -0.39 is 5.97 Å². The lowest BCUT2D eigenvalue weighted by Gasteiger charge is -2.17. The molecule has 0 aliphatic heterocycles. The highest BCUT2D eigenvalue weighted by Crippen LogP contribution is 2.18. The molecular formula is C23H24FN3O3. The Balaban J connectivity index is 1.57. The average Bonchev–Trinajstić information content (AvgIpc) is 3.01. The molecule has 2 aromatic carbocycles. The number of ether oxygens (including phenoxy) is 1. The van der Waals surface area contributed by atoms with Crippen LogP contribution in [0.4, 0.5) is 4.39 Å². The molecule has 0 fully saturated rings. The summed E-state index contributed by atoms with van der Waals surface area (Å²) in [6.07, 6.45) is 0.0331. The van der Waals surface area contributed by atoms with Gasteiger partial charge in [0.05, 0.1) is 17.8 Å². The van der Waals surface area contributed by atoms with Crippen molar-refractivity contribution in [3.63, 3.8) is 0 Å². The number of amides is 1. The highest BCUT2D eigenvalue weighted by molar-refractivity contribution is 5.81. The molecule has 1 amide bonds. The Hall–Kier alpha value is -3.48. The first kappa shape index (κ1) is 21.2. The molecule has 0 saturated carbocycles. The van der Waals surface area contributed by atoms with Gasteiger partial charge in [-0.25, -0.2) is 9.07 Å². The molecule has 7 heteroatoms. The lowest BCUT2D eigenvalue weighted by Crippen LogP contribution is -2.31. The molecule has 1 heterocycles. The predicted octanol–water partition coefficient (Wildman–Crippen LogP) is 3.37. The molecule has 0 radical (unpaired) electrons. The van der Waals surface area contributed by atoms with Crippen molar-refractivity contribution in [1.82, 2.24) is 14.7 Å².